The molecule has 29 heavy (non-hydrogen) atoms. The molecule has 8 nitrogen and oxygen atoms in total. The van der Waals surface area contributed by atoms with Crippen molar-refractivity contribution in [3.8, 4) is 0 Å². The van der Waals surface area contributed by atoms with E-state index in [1.54, 1.807) is 0 Å². The van der Waals surface area contributed by atoms with Gasteiger partial charge in [0.05, 0.1) is 0 Å². The van der Waals surface area contributed by atoms with E-state index < -0.39 is 36.0 Å². The van der Waals surface area contributed by atoms with Crippen molar-refractivity contribution in [2.24, 2.45) is 5.92 Å². The van der Waals surface area contributed by atoms with Gasteiger partial charge in [0, 0.05) is 19.4 Å². The van der Waals surface area contributed by atoms with Crippen molar-refractivity contribution in [2.45, 2.75) is 57.2 Å². The molecule has 1 saturated carbocycles. The number of hydrogen-bond acceptors (Lipinski definition) is 5. The van der Waals surface area contributed by atoms with Crippen molar-refractivity contribution < 1.29 is 29.0 Å². The van der Waals surface area contributed by atoms with E-state index in [1.165, 1.54) is 4.90 Å². The number of hydrogen-bond donors (Lipinski definition) is 2. The maximum Gasteiger partial charge on any atom is 0.410 e. The molecule has 2 aliphatic rings. The van der Waals surface area contributed by atoms with Gasteiger partial charge in [-0.3, -0.25) is 14.5 Å². The molecule has 2 N–H and O–H groups in total. The van der Waals surface area contributed by atoms with Crippen LogP contribution in [0.15, 0.2) is 30.3 Å². The van der Waals surface area contributed by atoms with Gasteiger partial charge >= 0.3 is 12.1 Å². The number of carboxylic acids is 1. The van der Waals surface area contributed by atoms with Crippen LogP contribution >= 0.6 is 0 Å². The molecule has 0 spiro atoms. The van der Waals surface area contributed by atoms with E-state index in [1.807, 2.05) is 30.3 Å². The second-order valence-electron chi connectivity index (χ2n) is 7.61. The zero-order valence-corrected chi connectivity index (χ0v) is 16.2. The van der Waals surface area contributed by atoms with Crippen LogP contribution in [-0.4, -0.2) is 52.4 Å². The Hall–Kier alpha value is -2.90. The molecular weight excluding hydrogens is 376 g/mol. The molecule has 0 unspecified atom stereocenters. The zero-order valence-electron chi connectivity index (χ0n) is 16.2. The number of likely N-dealkylation sites (tertiary alicyclic amines) is 1. The third kappa shape index (κ3) is 5.34. The fraction of sp³-hybridized carbons (Fsp3) is 0.524. The SMILES string of the molecule is O=C1CCC[C@H]([C@H](NC(=O)[C@H]2CCCN2C(=O)OCc2ccccc2)C(=O)O)C1. The molecule has 0 radical (unpaired) electrons. The summed E-state index contributed by atoms with van der Waals surface area (Å²) in [7, 11) is 0. The van der Waals surface area contributed by atoms with E-state index in [9.17, 15) is 24.3 Å². The second kappa shape index (κ2) is 9.54. The highest BCUT2D eigenvalue weighted by molar-refractivity contribution is 5.90. The third-order valence-electron chi connectivity index (χ3n) is 5.55. The first-order valence-electron chi connectivity index (χ1n) is 9.98. The summed E-state index contributed by atoms with van der Waals surface area (Å²) in [5.74, 6) is -2.06. The Morgan fingerprint density at radius 3 is 2.62 bits per heavy atom. The lowest BCUT2D eigenvalue weighted by atomic mass is 9.83. The second-order valence-corrected chi connectivity index (χ2v) is 7.61. The van der Waals surface area contributed by atoms with Gasteiger partial charge in [0.25, 0.3) is 0 Å². The highest BCUT2D eigenvalue weighted by Crippen LogP contribution is 2.26. The number of ether oxygens (including phenoxy) is 1. The van der Waals surface area contributed by atoms with Gasteiger partial charge in [-0.25, -0.2) is 9.59 Å². The number of Topliss-reactive ketones (excluding diaryl/α,β-unsaturated/α-hetero) is 1. The molecule has 1 saturated heterocycles. The number of rotatable bonds is 6. The van der Waals surface area contributed by atoms with Gasteiger partial charge in [0.1, 0.15) is 24.5 Å². The van der Waals surface area contributed by atoms with Crippen LogP contribution in [0, 0.1) is 5.92 Å². The summed E-state index contributed by atoms with van der Waals surface area (Å²) in [5.41, 5.74) is 0.842. The fourth-order valence-electron chi connectivity index (χ4n) is 4.03. The van der Waals surface area contributed by atoms with Crippen LogP contribution in [-0.2, 0) is 25.7 Å². The Labute approximate surface area is 169 Å². The monoisotopic (exact) mass is 402 g/mol. The van der Waals surface area contributed by atoms with Crippen LogP contribution in [0.4, 0.5) is 4.79 Å². The van der Waals surface area contributed by atoms with Crippen molar-refractivity contribution in [1.29, 1.82) is 0 Å². The molecule has 156 valence electrons. The highest BCUT2D eigenvalue weighted by Gasteiger charge is 2.39. The Kier molecular flexibility index (Phi) is 6.85. The van der Waals surface area contributed by atoms with Gasteiger partial charge in [-0.15, -0.1) is 0 Å². The lowest BCUT2D eigenvalue weighted by Crippen LogP contribution is -2.53. The summed E-state index contributed by atoms with van der Waals surface area (Å²) in [6.45, 7) is 0.484. The number of nitrogens with one attached hydrogen (secondary N) is 1. The standard InChI is InChI=1S/C21H26N2O6/c24-16-9-4-8-15(12-16)18(20(26)27)22-19(25)17-10-5-11-23(17)21(28)29-13-14-6-2-1-3-7-14/h1-3,6-7,15,17-18H,4-5,8-13H2,(H,22,25)(H,26,27)/t15-,17+,18-/m0/s1. The van der Waals surface area contributed by atoms with Crippen LogP contribution in [0.1, 0.15) is 44.1 Å². The highest BCUT2D eigenvalue weighted by atomic mass is 16.6. The Morgan fingerprint density at radius 1 is 1.17 bits per heavy atom. The summed E-state index contributed by atoms with van der Waals surface area (Å²) < 4.78 is 5.32. The Balaban J connectivity index is 1.60. The third-order valence-corrected chi connectivity index (χ3v) is 5.55. The fourth-order valence-corrected chi connectivity index (χ4v) is 4.03. The maximum atomic E-state index is 12.8. The summed E-state index contributed by atoms with van der Waals surface area (Å²) in [6.07, 6.45) is 2.32. The lowest BCUT2D eigenvalue weighted by molar-refractivity contribution is -0.145. The minimum atomic E-state index is -1.16. The first-order chi connectivity index (χ1) is 14.0. The summed E-state index contributed by atoms with van der Waals surface area (Å²) in [6, 6.07) is 7.34. The van der Waals surface area contributed by atoms with Crippen LogP contribution in [0.3, 0.4) is 0 Å². The number of carbonyl (C=O) groups is 4. The van der Waals surface area contributed by atoms with Gasteiger partial charge in [0.2, 0.25) is 5.91 Å². The molecule has 1 aromatic carbocycles. The normalized spacial score (nSPS) is 22.8. The zero-order chi connectivity index (χ0) is 20.8. The summed E-state index contributed by atoms with van der Waals surface area (Å²) in [4.78, 5) is 50.0. The maximum absolute atomic E-state index is 12.8. The van der Waals surface area contributed by atoms with Crippen LogP contribution in [0.5, 0.6) is 0 Å². The van der Waals surface area contributed by atoms with E-state index in [-0.39, 0.29) is 18.8 Å². The topological polar surface area (TPSA) is 113 Å². The summed E-state index contributed by atoms with van der Waals surface area (Å²) in [5, 5.41) is 12.1. The average molecular weight is 402 g/mol. The predicted octanol–water partition coefficient (Wildman–Crippen LogP) is 2.12. The smallest absolute Gasteiger partial charge is 0.410 e. The molecule has 1 heterocycles. The molecular formula is C21H26N2O6. The molecule has 2 fully saturated rings. The van der Waals surface area contributed by atoms with E-state index in [2.05, 4.69) is 5.32 Å². The molecule has 3 rings (SSSR count). The van der Waals surface area contributed by atoms with E-state index in [0.717, 1.165) is 5.56 Å². The number of carboxylic acid groups (broad SMARTS) is 1. The number of benzene rings is 1. The van der Waals surface area contributed by atoms with Gasteiger partial charge in [0.15, 0.2) is 0 Å². The molecule has 2 amide bonds. The molecule has 8 heteroatoms. The number of amides is 2. The minimum Gasteiger partial charge on any atom is -0.480 e. The first-order valence-corrected chi connectivity index (χ1v) is 9.98. The lowest BCUT2D eigenvalue weighted by Gasteiger charge is -2.30. The van der Waals surface area contributed by atoms with Gasteiger partial charge in [-0.2, -0.15) is 0 Å². The van der Waals surface area contributed by atoms with Crippen molar-refractivity contribution in [3.05, 3.63) is 35.9 Å². The molecule has 1 aliphatic carbocycles. The van der Waals surface area contributed by atoms with Crippen molar-refractivity contribution in [3.63, 3.8) is 0 Å². The largest absolute Gasteiger partial charge is 0.480 e. The molecule has 1 aliphatic heterocycles. The van der Waals surface area contributed by atoms with E-state index in [4.69, 9.17) is 4.74 Å². The minimum absolute atomic E-state index is 0.0220. The average Bonchev–Trinajstić information content (AvgIpc) is 3.21. The number of nitrogens with zero attached hydrogens (tertiary/aromatic N) is 1. The number of aliphatic carboxylic acids is 1. The van der Waals surface area contributed by atoms with Crippen LogP contribution in [0.2, 0.25) is 0 Å². The van der Waals surface area contributed by atoms with Gasteiger partial charge in [-0.05, 0) is 37.2 Å². The van der Waals surface area contributed by atoms with Crippen molar-refractivity contribution >= 4 is 23.8 Å². The molecule has 0 bridgehead atoms. The van der Waals surface area contributed by atoms with Gasteiger partial charge < -0.3 is 15.2 Å². The van der Waals surface area contributed by atoms with Crippen LogP contribution < -0.4 is 5.32 Å². The van der Waals surface area contributed by atoms with E-state index >= 15 is 0 Å². The Morgan fingerprint density at radius 2 is 1.93 bits per heavy atom. The molecule has 1 aromatic rings. The molecule has 0 aromatic heterocycles. The van der Waals surface area contributed by atoms with Crippen LogP contribution in [0.25, 0.3) is 0 Å². The van der Waals surface area contributed by atoms with Crippen molar-refractivity contribution in [2.75, 3.05) is 6.54 Å². The number of carbonyl (C=O) groups excluding carboxylic acids is 3. The van der Waals surface area contributed by atoms with Crippen molar-refractivity contribution in [1.82, 2.24) is 10.2 Å². The quantitative estimate of drug-likeness (QED) is 0.754. The number of ketones is 1. The molecule has 3 atom stereocenters. The predicted molar refractivity (Wildman–Crippen MR) is 103 cm³/mol. The van der Waals surface area contributed by atoms with E-state index in [0.29, 0.717) is 38.6 Å². The Bertz CT molecular complexity index is 766. The summed E-state index contributed by atoms with van der Waals surface area (Å²) >= 11 is 0. The first kappa shape index (κ1) is 20.8. The van der Waals surface area contributed by atoms with Gasteiger partial charge in [-0.1, -0.05) is 30.3 Å².